The number of nitrogens with one attached hydrogen (secondary N) is 1. The van der Waals surface area contributed by atoms with Crippen LogP contribution >= 0.6 is 0 Å². The molecule has 0 unspecified atom stereocenters. The van der Waals surface area contributed by atoms with Gasteiger partial charge in [0, 0.05) is 25.6 Å². The Kier molecular flexibility index (Phi) is 9.52. The highest BCUT2D eigenvalue weighted by molar-refractivity contribution is 7.92. The zero-order valence-electron chi connectivity index (χ0n) is 22.9. The molecule has 4 rings (SSSR count). The van der Waals surface area contributed by atoms with Gasteiger partial charge in [0.05, 0.1) is 10.6 Å². The SMILES string of the molecule is CNC(=O)[C@@H](Cc1ccccc1)N(Cc1ccccc1F)C(=O)CN(c1cccc(C)c1)S(=O)(=O)c1ccccc1. The predicted molar refractivity (Wildman–Crippen MR) is 157 cm³/mol. The molecule has 0 saturated heterocycles. The smallest absolute Gasteiger partial charge is 0.264 e. The van der Waals surface area contributed by atoms with Crippen molar-refractivity contribution in [1.29, 1.82) is 0 Å². The van der Waals surface area contributed by atoms with Crippen molar-refractivity contribution in [2.75, 3.05) is 17.9 Å². The Bertz CT molecular complexity index is 1600. The topological polar surface area (TPSA) is 86.8 Å². The van der Waals surface area contributed by atoms with Crippen LogP contribution in [0.4, 0.5) is 10.1 Å². The number of halogens is 1. The predicted octanol–water partition coefficient (Wildman–Crippen LogP) is 4.72. The lowest BCUT2D eigenvalue weighted by Crippen LogP contribution is -2.53. The average molecular weight is 574 g/mol. The molecular weight excluding hydrogens is 541 g/mol. The van der Waals surface area contributed by atoms with Crippen molar-refractivity contribution in [3.8, 4) is 0 Å². The summed E-state index contributed by atoms with van der Waals surface area (Å²) in [5.41, 5.74) is 2.10. The summed E-state index contributed by atoms with van der Waals surface area (Å²) in [5.74, 6) is -1.64. The quantitative estimate of drug-likeness (QED) is 0.282. The number of aryl methyl sites for hydroxylation is 1. The number of likely N-dealkylation sites (N-methyl/N-ethyl adjacent to an activating group) is 1. The van der Waals surface area contributed by atoms with Crippen molar-refractivity contribution in [2.45, 2.75) is 30.8 Å². The maximum atomic E-state index is 14.8. The number of hydrogen-bond donors (Lipinski definition) is 1. The molecule has 4 aromatic carbocycles. The Morgan fingerprint density at radius 1 is 0.854 bits per heavy atom. The lowest BCUT2D eigenvalue weighted by molar-refractivity contribution is -0.139. The first kappa shape index (κ1) is 29.5. The Hall–Kier alpha value is -4.50. The van der Waals surface area contributed by atoms with Crippen LogP contribution in [0.3, 0.4) is 0 Å². The van der Waals surface area contributed by atoms with Crippen LogP contribution < -0.4 is 9.62 Å². The maximum Gasteiger partial charge on any atom is 0.264 e. The molecule has 1 N–H and O–H groups in total. The van der Waals surface area contributed by atoms with Crippen LogP contribution in [0, 0.1) is 12.7 Å². The second kappa shape index (κ2) is 13.2. The van der Waals surface area contributed by atoms with Crippen molar-refractivity contribution in [3.05, 3.63) is 132 Å². The summed E-state index contributed by atoms with van der Waals surface area (Å²) in [7, 11) is -2.72. The maximum absolute atomic E-state index is 14.8. The van der Waals surface area contributed by atoms with Gasteiger partial charge in [-0.1, -0.05) is 78.9 Å². The highest BCUT2D eigenvalue weighted by Gasteiger charge is 2.34. The Morgan fingerprint density at radius 3 is 2.12 bits per heavy atom. The van der Waals surface area contributed by atoms with Crippen LogP contribution in [0.1, 0.15) is 16.7 Å². The fraction of sp³-hybridized carbons (Fsp3) is 0.188. The molecule has 0 aliphatic rings. The van der Waals surface area contributed by atoms with Gasteiger partial charge in [-0.2, -0.15) is 0 Å². The summed E-state index contributed by atoms with van der Waals surface area (Å²) < 4.78 is 43.6. The molecule has 0 radical (unpaired) electrons. The van der Waals surface area contributed by atoms with Crippen LogP contribution in [-0.2, 0) is 32.6 Å². The van der Waals surface area contributed by atoms with E-state index in [0.29, 0.717) is 5.69 Å². The summed E-state index contributed by atoms with van der Waals surface area (Å²) >= 11 is 0. The standard InChI is InChI=1S/C32H32FN3O4S/c1-24-12-11-16-27(20-24)36(41(39,40)28-17-7-4-8-18-28)23-31(37)35(22-26-15-9-10-19-29(26)33)30(32(38)34-2)21-25-13-5-3-6-14-25/h3-20,30H,21-23H2,1-2H3,(H,34,38)/t30-/m1/s1. The van der Waals surface area contributed by atoms with Crippen molar-refractivity contribution in [3.63, 3.8) is 0 Å². The monoisotopic (exact) mass is 573 g/mol. The van der Waals surface area contributed by atoms with Crippen molar-refractivity contribution in [2.24, 2.45) is 0 Å². The number of nitrogens with zero attached hydrogens (tertiary/aromatic N) is 2. The Labute approximate surface area is 240 Å². The lowest BCUT2D eigenvalue weighted by Gasteiger charge is -2.33. The van der Waals surface area contributed by atoms with E-state index in [-0.39, 0.29) is 23.4 Å². The molecule has 1 atom stereocenters. The third-order valence-corrected chi connectivity index (χ3v) is 8.50. The third kappa shape index (κ3) is 7.18. The molecule has 0 fully saturated rings. The van der Waals surface area contributed by atoms with E-state index < -0.39 is 40.2 Å². The van der Waals surface area contributed by atoms with E-state index in [0.717, 1.165) is 15.4 Å². The lowest BCUT2D eigenvalue weighted by atomic mass is 10.0. The van der Waals surface area contributed by atoms with Gasteiger partial charge in [0.2, 0.25) is 11.8 Å². The second-order valence-electron chi connectivity index (χ2n) is 9.60. The van der Waals surface area contributed by atoms with Gasteiger partial charge in [-0.3, -0.25) is 13.9 Å². The third-order valence-electron chi connectivity index (χ3n) is 6.72. The van der Waals surface area contributed by atoms with Gasteiger partial charge in [-0.05, 0) is 48.4 Å². The van der Waals surface area contributed by atoms with Gasteiger partial charge >= 0.3 is 0 Å². The molecule has 0 aliphatic carbocycles. The van der Waals surface area contributed by atoms with Crippen molar-refractivity contribution < 1.29 is 22.4 Å². The van der Waals surface area contributed by atoms with E-state index in [4.69, 9.17) is 0 Å². The first-order valence-corrected chi connectivity index (χ1v) is 14.6. The number of benzene rings is 4. The van der Waals surface area contributed by atoms with Gasteiger partial charge in [0.25, 0.3) is 10.0 Å². The van der Waals surface area contributed by atoms with Crippen LogP contribution in [0.15, 0.2) is 114 Å². The number of carbonyl (C=O) groups is 2. The zero-order chi connectivity index (χ0) is 29.4. The Balaban J connectivity index is 1.79. The molecule has 0 heterocycles. The fourth-order valence-corrected chi connectivity index (χ4v) is 5.99. The molecule has 9 heteroatoms. The van der Waals surface area contributed by atoms with Crippen molar-refractivity contribution in [1.82, 2.24) is 10.2 Å². The number of amides is 2. The zero-order valence-corrected chi connectivity index (χ0v) is 23.7. The van der Waals surface area contributed by atoms with Crippen LogP contribution in [0.2, 0.25) is 0 Å². The largest absolute Gasteiger partial charge is 0.357 e. The van der Waals surface area contributed by atoms with Gasteiger partial charge < -0.3 is 10.2 Å². The van der Waals surface area contributed by atoms with E-state index in [1.54, 1.807) is 42.5 Å². The van der Waals surface area contributed by atoms with E-state index in [9.17, 15) is 22.4 Å². The summed E-state index contributed by atoms with van der Waals surface area (Å²) in [6.45, 7) is 0.992. The normalized spacial score (nSPS) is 11.9. The number of sulfonamides is 1. The number of carbonyl (C=O) groups excluding carboxylic acids is 2. The van der Waals surface area contributed by atoms with E-state index in [2.05, 4.69) is 5.32 Å². The summed E-state index contributed by atoms with van der Waals surface area (Å²) in [5, 5.41) is 2.61. The fourth-order valence-electron chi connectivity index (χ4n) is 4.56. The molecule has 0 aromatic heterocycles. The molecule has 4 aromatic rings. The first-order chi connectivity index (χ1) is 19.7. The molecular formula is C32H32FN3O4S. The summed E-state index contributed by atoms with van der Waals surface area (Å²) in [6.07, 6.45) is 0.149. The number of hydrogen-bond acceptors (Lipinski definition) is 4. The molecule has 0 spiro atoms. The van der Waals surface area contributed by atoms with E-state index in [1.165, 1.54) is 42.3 Å². The molecule has 0 aliphatic heterocycles. The van der Waals surface area contributed by atoms with Crippen molar-refractivity contribution >= 4 is 27.5 Å². The molecule has 2 amide bonds. The van der Waals surface area contributed by atoms with Gasteiger partial charge in [0.1, 0.15) is 18.4 Å². The van der Waals surface area contributed by atoms with Crippen LogP contribution in [0.25, 0.3) is 0 Å². The highest BCUT2D eigenvalue weighted by atomic mass is 32.2. The first-order valence-electron chi connectivity index (χ1n) is 13.1. The minimum Gasteiger partial charge on any atom is -0.357 e. The van der Waals surface area contributed by atoms with E-state index >= 15 is 0 Å². The van der Waals surface area contributed by atoms with Crippen LogP contribution in [0.5, 0.6) is 0 Å². The van der Waals surface area contributed by atoms with Gasteiger partial charge in [-0.25, -0.2) is 12.8 Å². The van der Waals surface area contributed by atoms with Gasteiger partial charge in [0.15, 0.2) is 0 Å². The molecule has 41 heavy (non-hydrogen) atoms. The summed E-state index contributed by atoms with van der Waals surface area (Å²) in [6, 6.07) is 28.8. The highest BCUT2D eigenvalue weighted by Crippen LogP contribution is 2.26. The van der Waals surface area contributed by atoms with Gasteiger partial charge in [-0.15, -0.1) is 0 Å². The minimum atomic E-state index is -4.18. The average Bonchev–Trinajstić information content (AvgIpc) is 2.99. The summed E-state index contributed by atoms with van der Waals surface area (Å²) in [4.78, 5) is 28.7. The number of anilines is 1. The number of rotatable bonds is 11. The molecule has 0 saturated carbocycles. The molecule has 7 nitrogen and oxygen atoms in total. The Morgan fingerprint density at radius 2 is 1.49 bits per heavy atom. The van der Waals surface area contributed by atoms with Crippen LogP contribution in [-0.4, -0.2) is 44.8 Å². The second-order valence-corrected chi connectivity index (χ2v) is 11.5. The molecule has 212 valence electrons. The minimum absolute atomic E-state index is 0.0158. The van der Waals surface area contributed by atoms with E-state index in [1.807, 2.05) is 43.3 Å². The molecule has 0 bridgehead atoms.